The Balaban J connectivity index is 2.73. The molecular weight excluding hydrogens is 148 g/mol. The zero-order chi connectivity index (χ0) is 7.40. The summed E-state index contributed by atoms with van der Waals surface area (Å²) in [5.74, 6) is 0. The minimum absolute atomic E-state index is 0.622. The summed E-state index contributed by atoms with van der Waals surface area (Å²) >= 11 is 1.43. The van der Waals surface area contributed by atoms with E-state index in [2.05, 4.69) is 4.98 Å². The summed E-state index contributed by atoms with van der Waals surface area (Å²) in [6, 6.07) is 0. The lowest BCUT2D eigenvalue weighted by Crippen LogP contribution is -2.19. The molecule has 10 heavy (non-hydrogen) atoms. The molecule has 1 rings (SSSR count). The maximum Gasteiger partial charge on any atom is 0.318 e. The van der Waals surface area contributed by atoms with Crippen molar-refractivity contribution in [2.24, 2.45) is 0 Å². The van der Waals surface area contributed by atoms with Gasteiger partial charge in [0.25, 0.3) is 0 Å². The predicted molar refractivity (Wildman–Crippen MR) is 40.8 cm³/mol. The lowest BCUT2D eigenvalue weighted by atomic mass is 10.7. The van der Waals surface area contributed by atoms with Crippen LogP contribution in [0.1, 0.15) is 6.92 Å². The molecule has 0 fully saturated rings. The third-order valence-electron chi connectivity index (χ3n) is 1.08. The van der Waals surface area contributed by atoms with Crippen LogP contribution in [0.5, 0.6) is 0 Å². The number of aromatic nitrogens is 1. The molecule has 1 heterocycles. The second-order valence-corrected chi connectivity index (χ2v) is 2.52. The van der Waals surface area contributed by atoms with E-state index in [1.165, 1.54) is 16.2 Å². The van der Waals surface area contributed by atoms with Gasteiger partial charge in [0.1, 0.15) is 0 Å². The number of thiazole rings is 1. The molecule has 0 atom stereocenters. The zero-order valence-electron chi connectivity index (χ0n) is 5.57. The quantitative estimate of drug-likeness (QED) is 0.611. The summed E-state index contributed by atoms with van der Waals surface area (Å²) < 4.78 is 0. The van der Waals surface area contributed by atoms with Crippen molar-refractivity contribution in [3.8, 4) is 0 Å². The highest BCUT2D eigenvalue weighted by molar-refractivity contribution is 7.13. The summed E-state index contributed by atoms with van der Waals surface area (Å²) in [5, 5.41) is 2.53. The molecule has 0 aromatic carbocycles. The Kier molecular flexibility index (Phi) is 2.39. The summed E-state index contributed by atoms with van der Waals surface area (Å²) in [4.78, 5) is 15.6. The van der Waals surface area contributed by atoms with Gasteiger partial charge in [-0.3, -0.25) is 9.69 Å². The van der Waals surface area contributed by atoms with E-state index in [1.807, 2.05) is 12.3 Å². The van der Waals surface area contributed by atoms with E-state index in [1.54, 1.807) is 12.6 Å². The van der Waals surface area contributed by atoms with Gasteiger partial charge < -0.3 is 0 Å². The Labute approximate surface area is 63.3 Å². The molecule has 1 radical (unpaired) electrons. The highest BCUT2D eigenvalue weighted by Gasteiger charge is 2.03. The van der Waals surface area contributed by atoms with E-state index in [4.69, 9.17) is 0 Å². The van der Waals surface area contributed by atoms with Crippen molar-refractivity contribution in [2.45, 2.75) is 6.92 Å². The number of amides is 1. The zero-order valence-corrected chi connectivity index (χ0v) is 6.39. The van der Waals surface area contributed by atoms with E-state index in [0.29, 0.717) is 11.7 Å². The molecule has 0 aliphatic carbocycles. The van der Waals surface area contributed by atoms with E-state index < -0.39 is 0 Å². The van der Waals surface area contributed by atoms with Gasteiger partial charge in [0.15, 0.2) is 5.13 Å². The van der Waals surface area contributed by atoms with Gasteiger partial charge in [-0.05, 0) is 6.92 Å². The van der Waals surface area contributed by atoms with Gasteiger partial charge in [-0.2, -0.15) is 0 Å². The Hall–Kier alpha value is -0.900. The Bertz CT molecular complexity index is 198. The van der Waals surface area contributed by atoms with Crippen molar-refractivity contribution in [1.29, 1.82) is 0 Å². The van der Waals surface area contributed by atoms with Gasteiger partial charge in [0.2, 0.25) is 0 Å². The standard InChI is InChI=1S/C6H7N2OS/c1-2-8(5-9)6-7-3-4-10-6/h3-4H,2H2,1H3. The third-order valence-corrected chi connectivity index (χ3v) is 1.87. The Morgan fingerprint density at radius 2 is 2.70 bits per heavy atom. The van der Waals surface area contributed by atoms with Crippen LogP contribution in [0.15, 0.2) is 11.6 Å². The van der Waals surface area contributed by atoms with Crippen molar-refractivity contribution < 1.29 is 4.79 Å². The molecule has 0 aliphatic rings. The van der Waals surface area contributed by atoms with Crippen LogP contribution in [0, 0.1) is 0 Å². The first kappa shape index (κ1) is 7.21. The van der Waals surface area contributed by atoms with Crippen molar-refractivity contribution in [1.82, 2.24) is 4.98 Å². The predicted octanol–water partition coefficient (Wildman–Crippen LogP) is 1.04. The largest absolute Gasteiger partial charge is 0.318 e. The molecule has 0 saturated heterocycles. The first-order valence-corrected chi connectivity index (χ1v) is 3.81. The Morgan fingerprint density at radius 1 is 1.90 bits per heavy atom. The number of hydrogen-bond donors (Lipinski definition) is 0. The first-order valence-electron chi connectivity index (χ1n) is 2.93. The van der Waals surface area contributed by atoms with E-state index in [0.717, 1.165) is 0 Å². The second-order valence-electron chi connectivity index (χ2n) is 1.65. The van der Waals surface area contributed by atoms with Crippen molar-refractivity contribution >= 4 is 22.9 Å². The molecule has 0 spiro atoms. The van der Waals surface area contributed by atoms with Crippen LogP contribution >= 0.6 is 11.3 Å². The average molecular weight is 155 g/mol. The van der Waals surface area contributed by atoms with Crippen molar-refractivity contribution in [2.75, 3.05) is 11.4 Å². The number of anilines is 1. The maximum atomic E-state index is 10.2. The van der Waals surface area contributed by atoms with Crippen LogP contribution in [0.4, 0.5) is 5.13 Å². The van der Waals surface area contributed by atoms with Gasteiger partial charge in [0, 0.05) is 18.1 Å². The minimum atomic E-state index is 0.622. The molecule has 0 bridgehead atoms. The highest BCUT2D eigenvalue weighted by atomic mass is 32.1. The fourth-order valence-electron chi connectivity index (χ4n) is 0.588. The smallest absolute Gasteiger partial charge is 0.280 e. The van der Waals surface area contributed by atoms with Gasteiger partial charge in [0.05, 0.1) is 0 Å². The van der Waals surface area contributed by atoms with Crippen LogP contribution in [0.2, 0.25) is 0 Å². The molecule has 53 valence electrons. The number of nitrogens with zero attached hydrogens (tertiary/aromatic N) is 2. The van der Waals surface area contributed by atoms with Gasteiger partial charge in [-0.25, -0.2) is 4.98 Å². The van der Waals surface area contributed by atoms with Gasteiger partial charge in [-0.15, -0.1) is 11.3 Å². The molecule has 1 amide bonds. The van der Waals surface area contributed by atoms with E-state index in [-0.39, 0.29) is 0 Å². The monoisotopic (exact) mass is 155 g/mol. The van der Waals surface area contributed by atoms with Crippen LogP contribution in [0.3, 0.4) is 0 Å². The van der Waals surface area contributed by atoms with Gasteiger partial charge in [-0.1, -0.05) is 0 Å². The molecule has 3 nitrogen and oxygen atoms in total. The topological polar surface area (TPSA) is 33.2 Å². The summed E-state index contributed by atoms with van der Waals surface area (Å²) in [5.41, 5.74) is 0. The number of carbonyl (C=O) groups excluding carboxylic acids is 1. The molecule has 4 heteroatoms. The van der Waals surface area contributed by atoms with Crippen molar-refractivity contribution in [3.05, 3.63) is 11.6 Å². The minimum Gasteiger partial charge on any atom is -0.280 e. The van der Waals surface area contributed by atoms with E-state index in [9.17, 15) is 4.79 Å². The average Bonchev–Trinajstić information content (AvgIpc) is 2.43. The summed E-state index contributed by atoms with van der Waals surface area (Å²) in [6.07, 6.45) is 3.45. The van der Waals surface area contributed by atoms with Crippen LogP contribution < -0.4 is 4.90 Å². The Morgan fingerprint density at radius 3 is 3.10 bits per heavy atom. The molecule has 1 aromatic rings. The first-order chi connectivity index (χ1) is 4.88. The molecule has 0 saturated carbocycles. The number of hydrogen-bond acceptors (Lipinski definition) is 3. The molecular formula is C6H7N2OS. The third kappa shape index (κ3) is 1.33. The number of rotatable bonds is 3. The lowest BCUT2D eigenvalue weighted by Gasteiger charge is -2.07. The van der Waals surface area contributed by atoms with Crippen molar-refractivity contribution in [3.63, 3.8) is 0 Å². The van der Waals surface area contributed by atoms with Crippen LogP contribution in [0.25, 0.3) is 0 Å². The summed E-state index contributed by atoms with van der Waals surface area (Å²) in [6.45, 7) is 2.50. The maximum absolute atomic E-state index is 10.2. The van der Waals surface area contributed by atoms with Gasteiger partial charge >= 0.3 is 6.41 Å². The SMILES string of the molecule is CCN([C]=O)c1nccs1. The summed E-state index contributed by atoms with van der Waals surface area (Å²) in [7, 11) is 0. The fourth-order valence-corrected chi connectivity index (χ4v) is 1.25. The van der Waals surface area contributed by atoms with Crippen LogP contribution in [-0.2, 0) is 4.79 Å². The molecule has 0 unspecified atom stereocenters. The molecule has 1 aromatic heterocycles. The molecule has 0 N–H and O–H groups in total. The second kappa shape index (κ2) is 3.31. The molecule has 0 aliphatic heterocycles. The van der Waals surface area contributed by atoms with Crippen LogP contribution in [-0.4, -0.2) is 17.9 Å². The highest BCUT2D eigenvalue weighted by Crippen LogP contribution is 2.14. The van der Waals surface area contributed by atoms with E-state index >= 15 is 0 Å². The fraction of sp³-hybridized carbons (Fsp3) is 0.333. The normalized spacial score (nSPS) is 9.30. The lowest BCUT2D eigenvalue weighted by molar-refractivity contribution is 0.552.